The van der Waals surface area contributed by atoms with E-state index in [4.69, 9.17) is 0 Å². The van der Waals surface area contributed by atoms with Gasteiger partial charge in [0.05, 0.1) is 10.6 Å². The predicted molar refractivity (Wildman–Crippen MR) is 78.1 cm³/mol. The third kappa shape index (κ3) is 3.11. The van der Waals surface area contributed by atoms with Crippen LogP contribution in [0.25, 0.3) is 0 Å². The molecule has 0 heterocycles. The highest BCUT2D eigenvalue weighted by Gasteiger charge is 2.18. The summed E-state index contributed by atoms with van der Waals surface area (Å²) in [5.74, 6) is -0.0758. The Balaban J connectivity index is 2.42. The molecule has 104 valence electrons. The van der Waals surface area contributed by atoms with Gasteiger partial charge in [-0.2, -0.15) is 12.8 Å². The molecule has 1 aromatic rings. The van der Waals surface area contributed by atoms with Crippen molar-refractivity contribution in [1.29, 1.82) is 0 Å². The lowest BCUT2D eigenvalue weighted by atomic mass is 9.94. The summed E-state index contributed by atoms with van der Waals surface area (Å²) < 4.78 is 28.0. The summed E-state index contributed by atoms with van der Waals surface area (Å²) in [7, 11) is -3.75. The number of allylic oxidation sites excluding steroid dienone is 4. The molecule has 0 fully saturated rings. The van der Waals surface area contributed by atoms with Crippen molar-refractivity contribution in [2.24, 2.45) is 10.3 Å². The predicted octanol–water partition coefficient (Wildman–Crippen LogP) is 2.54. The Morgan fingerprint density at radius 1 is 1.05 bits per heavy atom. The van der Waals surface area contributed by atoms with Crippen LogP contribution in [0.2, 0.25) is 0 Å². The van der Waals surface area contributed by atoms with Gasteiger partial charge in [-0.3, -0.25) is 4.79 Å². The van der Waals surface area contributed by atoms with E-state index in [1.54, 1.807) is 18.2 Å². The standard InChI is InChI=1S/C15H15NO3S/c1-11(2)14-10-12(8-9-15(14)17)16-20(18,19)13-6-4-3-5-7-13/h3-11H,1-2H3/b16-12+. The summed E-state index contributed by atoms with van der Waals surface area (Å²) in [4.78, 5) is 11.8. The zero-order valence-electron chi connectivity index (χ0n) is 11.3. The molecule has 0 radical (unpaired) electrons. The number of rotatable bonds is 3. The quantitative estimate of drug-likeness (QED) is 0.803. The maximum absolute atomic E-state index is 12.1. The van der Waals surface area contributed by atoms with E-state index >= 15 is 0 Å². The van der Waals surface area contributed by atoms with Gasteiger partial charge >= 0.3 is 0 Å². The van der Waals surface area contributed by atoms with Crippen molar-refractivity contribution < 1.29 is 13.2 Å². The molecule has 2 rings (SSSR count). The molecule has 0 amide bonds. The number of hydrogen-bond acceptors (Lipinski definition) is 3. The highest BCUT2D eigenvalue weighted by atomic mass is 32.2. The summed E-state index contributed by atoms with van der Waals surface area (Å²) in [5.41, 5.74) is 0.840. The second-order valence-electron chi connectivity index (χ2n) is 4.76. The largest absolute Gasteiger partial charge is 0.290 e. The lowest BCUT2D eigenvalue weighted by molar-refractivity contribution is -0.111. The van der Waals surface area contributed by atoms with Crippen molar-refractivity contribution >= 4 is 21.5 Å². The molecule has 0 bridgehead atoms. The number of carbonyl (C=O) groups excluding carboxylic acids is 1. The van der Waals surface area contributed by atoms with Crippen molar-refractivity contribution in [3.63, 3.8) is 0 Å². The maximum atomic E-state index is 12.1. The summed E-state index contributed by atoms with van der Waals surface area (Å²) >= 11 is 0. The first kappa shape index (κ1) is 14.4. The molecule has 1 aromatic carbocycles. The van der Waals surface area contributed by atoms with Gasteiger partial charge in [-0.25, -0.2) is 0 Å². The van der Waals surface area contributed by atoms with Gasteiger partial charge in [-0.1, -0.05) is 32.0 Å². The van der Waals surface area contributed by atoms with Gasteiger partial charge in [0.2, 0.25) is 0 Å². The van der Waals surface area contributed by atoms with Gasteiger partial charge in [-0.15, -0.1) is 0 Å². The highest BCUT2D eigenvalue weighted by Crippen LogP contribution is 2.18. The van der Waals surface area contributed by atoms with Gasteiger partial charge in [0.1, 0.15) is 0 Å². The molecular formula is C15H15NO3S. The Hall–Kier alpha value is -2.01. The van der Waals surface area contributed by atoms with Crippen molar-refractivity contribution in [3.8, 4) is 0 Å². The van der Waals surface area contributed by atoms with Gasteiger partial charge in [0.25, 0.3) is 10.0 Å². The van der Waals surface area contributed by atoms with Crippen LogP contribution in [0.3, 0.4) is 0 Å². The van der Waals surface area contributed by atoms with Crippen molar-refractivity contribution in [2.75, 3.05) is 0 Å². The van der Waals surface area contributed by atoms with Crippen molar-refractivity contribution in [3.05, 3.63) is 54.1 Å². The lowest BCUT2D eigenvalue weighted by Crippen LogP contribution is -2.13. The molecule has 1 aliphatic carbocycles. The van der Waals surface area contributed by atoms with Crippen molar-refractivity contribution in [2.45, 2.75) is 18.7 Å². The summed E-state index contributed by atoms with van der Waals surface area (Å²) in [6.45, 7) is 3.76. The fourth-order valence-electron chi connectivity index (χ4n) is 1.83. The lowest BCUT2D eigenvalue weighted by Gasteiger charge is -2.11. The van der Waals surface area contributed by atoms with E-state index in [1.807, 2.05) is 13.8 Å². The van der Waals surface area contributed by atoms with E-state index in [0.29, 0.717) is 5.57 Å². The Bertz CT molecular complexity index is 711. The smallest absolute Gasteiger partial charge is 0.282 e. The molecule has 0 saturated heterocycles. The Labute approximate surface area is 118 Å². The number of sulfonamides is 1. The third-order valence-corrected chi connectivity index (χ3v) is 4.20. The van der Waals surface area contributed by atoms with Gasteiger partial charge in [-0.05, 0) is 36.3 Å². The first-order valence-electron chi connectivity index (χ1n) is 6.24. The van der Waals surface area contributed by atoms with E-state index in [0.717, 1.165) is 0 Å². The average Bonchev–Trinajstić information content (AvgIpc) is 2.41. The van der Waals surface area contributed by atoms with E-state index < -0.39 is 10.0 Å². The molecule has 1 aliphatic rings. The molecule has 0 aliphatic heterocycles. The molecule has 20 heavy (non-hydrogen) atoms. The van der Waals surface area contributed by atoms with Crippen LogP contribution in [0.4, 0.5) is 0 Å². The molecule has 0 unspecified atom stereocenters. The van der Waals surface area contributed by atoms with Gasteiger partial charge in [0, 0.05) is 5.57 Å². The van der Waals surface area contributed by atoms with Crippen LogP contribution < -0.4 is 0 Å². The van der Waals surface area contributed by atoms with Crippen LogP contribution in [0.1, 0.15) is 13.8 Å². The molecule has 4 nitrogen and oxygen atoms in total. The molecular weight excluding hydrogens is 274 g/mol. The Morgan fingerprint density at radius 2 is 1.70 bits per heavy atom. The number of ketones is 1. The normalized spacial score (nSPS) is 17.6. The van der Waals surface area contributed by atoms with E-state index in [9.17, 15) is 13.2 Å². The molecule has 0 atom stereocenters. The summed E-state index contributed by atoms with van der Waals surface area (Å²) in [5, 5.41) is 0. The van der Waals surface area contributed by atoms with Crippen LogP contribution in [0.15, 0.2) is 63.4 Å². The van der Waals surface area contributed by atoms with Crippen LogP contribution in [0, 0.1) is 5.92 Å². The number of hydrogen-bond donors (Lipinski definition) is 0. The van der Waals surface area contributed by atoms with Gasteiger partial charge in [0.15, 0.2) is 5.78 Å². The molecule has 0 saturated carbocycles. The number of carbonyl (C=O) groups is 1. The number of benzene rings is 1. The third-order valence-electron chi connectivity index (χ3n) is 2.88. The van der Waals surface area contributed by atoms with Crippen molar-refractivity contribution in [1.82, 2.24) is 0 Å². The van der Waals surface area contributed by atoms with E-state index in [1.165, 1.54) is 30.4 Å². The Kier molecular flexibility index (Phi) is 3.99. The Morgan fingerprint density at radius 3 is 2.30 bits per heavy atom. The summed E-state index contributed by atoms with van der Waals surface area (Å²) in [6.07, 6.45) is 4.32. The first-order valence-corrected chi connectivity index (χ1v) is 7.68. The fraction of sp³-hybridized carbons (Fsp3) is 0.200. The molecule has 0 N–H and O–H groups in total. The van der Waals surface area contributed by atoms with E-state index in [-0.39, 0.29) is 22.3 Å². The fourth-order valence-corrected chi connectivity index (χ4v) is 2.83. The molecule has 0 aromatic heterocycles. The summed E-state index contributed by atoms with van der Waals surface area (Å²) in [6, 6.07) is 8.00. The van der Waals surface area contributed by atoms with Crippen LogP contribution in [-0.4, -0.2) is 19.9 Å². The highest BCUT2D eigenvalue weighted by molar-refractivity contribution is 7.90. The SMILES string of the molecule is CC(C)C1=C/C(=N/S(=O)(=O)c2ccccc2)C=CC1=O. The minimum atomic E-state index is -3.75. The minimum absolute atomic E-state index is 0.0251. The molecule has 5 heteroatoms. The second-order valence-corrected chi connectivity index (χ2v) is 6.36. The zero-order chi connectivity index (χ0) is 14.8. The number of nitrogens with zero attached hydrogens (tertiary/aromatic N) is 1. The van der Waals surface area contributed by atoms with E-state index in [2.05, 4.69) is 4.40 Å². The first-order chi connectivity index (χ1) is 9.40. The van der Waals surface area contributed by atoms with Crippen LogP contribution in [-0.2, 0) is 14.8 Å². The molecule has 0 spiro atoms. The average molecular weight is 289 g/mol. The van der Waals surface area contributed by atoms with Crippen LogP contribution in [0.5, 0.6) is 0 Å². The second kappa shape index (κ2) is 5.54. The topological polar surface area (TPSA) is 63.6 Å². The monoisotopic (exact) mass is 289 g/mol. The van der Waals surface area contributed by atoms with Crippen LogP contribution >= 0.6 is 0 Å². The zero-order valence-corrected chi connectivity index (χ0v) is 12.1. The minimum Gasteiger partial charge on any atom is -0.290 e. The van der Waals surface area contributed by atoms with Gasteiger partial charge < -0.3 is 0 Å². The maximum Gasteiger partial charge on any atom is 0.282 e.